The Hall–Kier alpha value is -2.17. The molecular formula is C14H15N3O2. The number of aliphatic carboxylic acids is 1. The summed E-state index contributed by atoms with van der Waals surface area (Å²) in [6, 6.07) is 1.85. The van der Waals surface area contributed by atoms with Crippen molar-refractivity contribution in [2.75, 3.05) is 0 Å². The van der Waals surface area contributed by atoms with Crippen LogP contribution in [-0.2, 0) is 11.8 Å². The van der Waals surface area contributed by atoms with Gasteiger partial charge in [0.15, 0.2) is 0 Å². The third-order valence-electron chi connectivity index (χ3n) is 3.80. The van der Waals surface area contributed by atoms with E-state index in [1.54, 1.807) is 12.4 Å². The van der Waals surface area contributed by atoms with Gasteiger partial charge >= 0.3 is 5.97 Å². The van der Waals surface area contributed by atoms with Crippen LogP contribution in [0, 0.1) is 5.92 Å². The van der Waals surface area contributed by atoms with Crippen LogP contribution in [0.25, 0.3) is 11.0 Å². The molecule has 3 rings (SSSR count). The molecule has 2 aromatic rings. The third kappa shape index (κ3) is 1.91. The molecule has 0 saturated carbocycles. The number of hydrogen-bond donors (Lipinski definition) is 1. The minimum absolute atomic E-state index is 0.0695. The Morgan fingerprint density at radius 3 is 2.95 bits per heavy atom. The Morgan fingerprint density at radius 2 is 2.21 bits per heavy atom. The number of aromatic nitrogens is 3. The summed E-state index contributed by atoms with van der Waals surface area (Å²) in [5.74, 6) is -0.382. The van der Waals surface area contributed by atoms with Crippen LogP contribution in [0.4, 0.5) is 0 Å². The Bertz CT molecular complexity index is 660. The van der Waals surface area contributed by atoms with Gasteiger partial charge in [0.2, 0.25) is 0 Å². The van der Waals surface area contributed by atoms with Crippen LogP contribution in [0.2, 0.25) is 0 Å². The Kier molecular flexibility index (Phi) is 2.81. The van der Waals surface area contributed by atoms with Crippen molar-refractivity contribution in [3.8, 4) is 0 Å². The highest BCUT2D eigenvalue weighted by Gasteiger charge is 2.32. The molecule has 0 bridgehead atoms. The molecule has 2 atom stereocenters. The summed E-state index contributed by atoms with van der Waals surface area (Å²) in [5.41, 5.74) is 1.81. The fraction of sp³-hybridized carbons (Fsp3) is 0.357. The summed E-state index contributed by atoms with van der Waals surface area (Å²) < 4.78 is 1.96. The quantitative estimate of drug-likeness (QED) is 0.836. The number of nitrogens with zero attached hydrogens (tertiary/aromatic N) is 3. The van der Waals surface area contributed by atoms with Crippen LogP contribution in [0.15, 0.2) is 30.6 Å². The minimum atomic E-state index is -0.750. The van der Waals surface area contributed by atoms with Gasteiger partial charge in [-0.15, -0.1) is 0 Å². The molecule has 0 radical (unpaired) electrons. The van der Waals surface area contributed by atoms with Crippen LogP contribution in [0.1, 0.15) is 24.6 Å². The SMILES string of the molecule is Cn1c(C2CC=CCC2C(=O)O)nc2ccncc21. The van der Waals surface area contributed by atoms with E-state index in [0.717, 1.165) is 23.3 Å². The number of pyridine rings is 1. The number of carbonyl (C=O) groups is 1. The normalized spacial score (nSPS) is 22.8. The fourth-order valence-electron chi connectivity index (χ4n) is 2.76. The molecule has 2 heterocycles. The molecule has 2 aromatic heterocycles. The second-order valence-corrected chi connectivity index (χ2v) is 4.89. The van der Waals surface area contributed by atoms with Crippen LogP contribution < -0.4 is 0 Å². The first-order valence-electron chi connectivity index (χ1n) is 6.32. The standard InChI is InChI=1S/C14H15N3O2/c1-17-12-8-15-7-6-11(12)16-13(17)9-4-2-3-5-10(9)14(18)19/h2-3,6-10H,4-5H2,1H3,(H,18,19). The van der Waals surface area contributed by atoms with Crippen molar-refractivity contribution < 1.29 is 9.90 Å². The molecule has 19 heavy (non-hydrogen) atoms. The van der Waals surface area contributed by atoms with Crippen molar-refractivity contribution >= 4 is 17.0 Å². The number of fused-ring (bicyclic) bond motifs is 1. The highest BCUT2D eigenvalue weighted by Crippen LogP contribution is 2.35. The van der Waals surface area contributed by atoms with E-state index < -0.39 is 11.9 Å². The predicted octanol–water partition coefficient (Wildman–Crippen LogP) is 2.10. The second kappa shape index (κ2) is 4.50. The van der Waals surface area contributed by atoms with Crippen molar-refractivity contribution in [1.82, 2.24) is 14.5 Å². The number of carboxylic acid groups (broad SMARTS) is 1. The second-order valence-electron chi connectivity index (χ2n) is 4.89. The maximum absolute atomic E-state index is 11.4. The molecule has 98 valence electrons. The summed E-state index contributed by atoms with van der Waals surface area (Å²) in [5, 5.41) is 9.35. The van der Waals surface area contributed by atoms with Crippen LogP contribution in [-0.4, -0.2) is 25.6 Å². The van der Waals surface area contributed by atoms with Crippen molar-refractivity contribution in [3.05, 3.63) is 36.4 Å². The number of allylic oxidation sites excluding steroid dienone is 2. The number of hydrogen-bond acceptors (Lipinski definition) is 3. The largest absolute Gasteiger partial charge is 0.481 e. The maximum Gasteiger partial charge on any atom is 0.307 e. The smallest absolute Gasteiger partial charge is 0.307 e. The van der Waals surface area contributed by atoms with Crippen LogP contribution >= 0.6 is 0 Å². The molecule has 1 aliphatic rings. The van der Waals surface area contributed by atoms with E-state index in [2.05, 4.69) is 9.97 Å². The van der Waals surface area contributed by atoms with Gasteiger partial charge in [0.25, 0.3) is 0 Å². The van der Waals surface area contributed by atoms with Crippen molar-refractivity contribution in [2.45, 2.75) is 18.8 Å². The molecule has 0 spiro atoms. The van der Waals surface area contributed by atoms with E-state index in [1.165, 1.54) is 0 Å². The molecule has 0 amide bonds. The molecule has 5 heteroatoms. The topological polar surface area (TPSA) is 68.0 Å². The lowest BCUT2D eigenvalue weighted by Crippen LogP contribution is -2.25. The summed E-state index contributed by atoms with van der Waals surface area (Å²) in [6.07, 6.45) is 8.75. The molecule has 1 N–H and O–H groups in total. The summed E-state index contributed by atoms with van der Waals surface area (Å²) >= 11 is 0. The van der Waals surface area contributed by atoms with Gasteiger partial charge < -0.3 is 9.67 Å². The van der Waals surface area contributed by atoms with E-state index in [-0.39, 0.29) is 5.92 Å². The lowest BCUT2D eigenvalue weighted by Gasteiger charge is -2.24. The van der Waals surface area contributed by atoms with E-state index in [4.69, 9.17) is 0 Å². The zero-order valence-electron chi connectivity index (χ0n) is 10.7. The predicted molar refractivity (Wildman–Crippen MR) is 70.7 cm³/mol. The van der Waals surface area contributed by atoms with Gasteiger partial charge in [-0.05, 0) is 18.9 Å². The number of rotatable bonds is 2. The average Bonchev–Trinajstić information content (AvgIpc) is 2.76. The highest BCUT2D eigenvalue weighted by molar-refractivity contribution is 5.76. The van der Waals surface area contributed by atoms with Gasteiger partial charge in [-0.1, -0.05) is 12.2 Å². The van der Waals surface area contributed by atoms with Crippen molar-refractivity contribution in [3.63, 3.8) is 0 Å². The van der Waals surface area contributed by atoms with E-state index in [0.29, 0.717) is 6.42 Å². The minimum Gasteiger partial charge on any atom is -0.481 e. The van der Waals surface area contributed by atoms with Gasteiger partial charge in [0.1, 0.15) is 5.82 Å². The third-order valence-corrected chi connectivity index (χ3v) is 3.80. The zero-order chi connectivity index (χ0) is 13.4. The van der Waals surface area contributed by atoms with Gasteiger partial charge in [-0.2, -0.15) is 0 Å². The van der Waals surface area contributed by atoms with E-state index >= 15 is 0 Å². The summed E-state index contributed by atoms with van der Waals surface area (Å²) in [7, 11) is 1.92. The first-order valence-corrected chi connectivity index (χ1v) is 6.32. The molecule has 0 aromatic carbocycles. The van der Waals surface area contributed by atoms with Crippen molar-refractivity contribution in [2.24, 2.45) is 13.0 Å². The number of aryl methyl sites for hydroxylation is 1. The molecular weight excluding hydrogens is 242 g/mol. The van der Waals surface area contributed by atoms with Gasteiger partial charge in [0.05, 0.1) is 23.1 Å². The van der Waals surface area contributed by atoms with Gasteiger partial charge in [0, 0.05) is 19.2 Å². The van der Waals surface area contributed by atoms with Crippen LogP contribution in [0.3, 0.4) is 0 Å². The molecule has 0 aliphatic heterocycles. The Morgan fingerprint density at radius 1 is 1.42 bits per heavy atom. The molecule has 5 nitrogen and oxygen atoms in total. The number of imidazole rings is 1. The monoisotopic (exact) mass is 257 g/mol. The van der Waals surface area contributed by atoms with Gasteiger partial charge in [-0.25, -0.2) is 4.98 Å². The van der Waals surface area contributed by atoms with Crippen LogP contribution in [0.5, 0.6) is 0 Å². The average molecular weight is 257 g/mol. The molecule has 0 saturated heterocycles. The summed E-state index contributed by atoms with van der Waals surface area (Å²) in [6.45, 7) is 0. The zero-order valence-corrected chi connectivity index (χ0v) is 10.7. The fourth-order valence-corrected chi connectivity index (χ4v) is 2.76. The Balaban J connectivity index is 2.10. The Labute approximate surface area is 110 Å². The first-order chi connectivity index (χ1) is 9.18. The highest BCUT2D eigenvalue weighted by atomic mass is 16.4. The number of carboxylic acids is 1. The van der Waals surface area contributed by atoms with E-state index in [9.17, 15) is 9.90 Å². The van der Waals surface area contributed by atoms with Gasteiger partial charge in [-0.3, -0.25) is 9.78 Å². The summed E-state index contributed by atoms with van der Waals surface area (Å²) in [4.78, 5) is 20.1. The first kappa shape index (κ1) is 11.9. The lowest BCUT2D eigenvalue weighted by atomic mass is 9.82. The van der Waals surface area contributed by atoms with Crippen molar-refractivity contribution in [1.29, 1.82) is 0 Å². The molecule has 2 unspecified atom stereocenters. The van der Waals surface area contributed by atoms with E-state index in [1.807, 2.05) is 29.8 Å². The molecule has 1 aliphatic carbocycles. The lowest BCUT2D eigenvalue weighted by molar-refractivity contribution is -0.142. The maximum atomic E-state index is 11.4. The molecule has 0 fully saturated rings.